The van der Waals surface area contributed by atoms with Crippen LogP contribution in [0.25, 0.3) is 0 Å². The van der Waals surface area contributed by atoms with Gasteiger partial charge in [-0.15, -0.1) is 22.7 Å². The molecule has 0 amide bonds. The monoisotopic (exact) mass is 292 g/mol. The maximum Gasteiger partial charge on any atom is 0.0924 e. The minimum atomic E-state index is -0.126. The zero-order valence-corrected chi connectivity index (χ0v) is 11.6. The molecule has 0 aliphatic carbocycles. The lowest BCUT2D eigenvalue weighted by atomic mass is 10.2. The zero-order valence-electron chi connectivity index (χ0n) is 8.46. The van der Waals surface area contributed by atoms with E-state index in [4.69, 9.17) is 29.0 Å². The number of rotatable bonds is 3. The normalized spacial score (nSPS) is 13.0. The highest BCUT2D eigenvalue weighted by atomic mass is 35.5. The molecule has 0 aromatic carbocycles. The van der Waals surface area contributed by atoms with Gasteiger partial charge in [-0.05, 0) is 29.3 Å². The molecular formula is C10H10Cl2N2S2. The Kier molecular flexibility index (Phi) is 3.89. The van der Waals surface area contributed by atoms with E-state index in [2.05, 4.69) is 5.43 Å². The Bertz CT molecular complexity index is 493. The predicted molar refractivity (Wildman–Crippen MR) is 72.6 cm³/mol. The molecule has 3 N–H and O–H groups in total. The first kappa shape index (κ1) is 12.4. The first-order chi connectivity index (χ1) is 7.65. The van der Waals surface area contributed by atoms with Crippen molar-refractivity contribution in [3.8, 4) is 0 Å². The fraction of sp³-hybridized carbons (Fsp3) is 0.200. The van der Waals surface area contributed by atoms with Gasteiger partial charge in [-0.25, -0.2) is 5.43 Å². The van der Waals surface area contributed by atoms with Crippen molar-refractivity contribution in [1.29, 1.82) is 0 Å². The van der Waals surface area contributed by atoms with Crippen LogP contribution in [0.5, 0.6) is 0 Å². The van der Waals surface area contributed by atoms with Crippen LogP contribution in [-0.4, -0.2) is 0 Å². The van der Waals surface area contributed by atoms with Crippen molar-refractivity contribution in [3.05, 3.63) is 42.2 Å². The first-order valence-electron chi connectivity index (χ1n) is 4.57. The second kappa shape index (κ2) is 5.04. The number of hydrogen-bond acceptors (Lipinski definition) is 4. The molecule has 2 aromatic rings. The fourth-order valence-corrected chi connectivity index (χ4v) is 4.10. The van der Waals surface area contributed by atoms with Crippen LogP contribution in [0, 0.1) is 6.92 Å². The molecule has 0 fully saturated rings. The largest absolute Gasteiger partial charge is 0.271 e. The van der Waals surface area contributed by atoms with Crippen molar-refractivity contribution >= 4 is 45.9 Å². The van der Waals surface area contributed by atoms with Crippen molar-refractivity contribution in [2.75, 3.05) is 0 Å². The van der Waals surface area contributed by atoms with Crippen LogP contribution in [0.4, 0.5) is 0 Å². The second-order valence-corrected chi connectivity index (χ2v) is 5.97. The van der Waals surface area contributed by atoms with Crippen molar-refractivity contribution in [2.45, 2.75) is 13.0 Å². The van der Waals surface area contributed by atoms with Crippen molar-refractivity contribution < 1.29 is 0 Å². The summed E-state index contributed by atoms with van der Waals surface area (Å²) in [6.45, 7) is 1.98. The molecule has 6 heteroatoms. The van der Waals surface area contributed by atoms with Crippen LogP contribution >= 0.6 is 45.9 Å². The summed E-state index contributed by atoms with van der Waals surface area (Å²) in [5, 5.41) is 5.44. The minimum Gasteiger partial charge on any atom is -0.271 e. The maximum absolute atomic E-state index is 6.23. The highest BCUT2D eigenvalue weighted by Gasteiger charge is 2.21. The van der Waals surface area contributed by atoms with E-state index in [1.165, 1.54) is 0 Å². The van der Waals surface area contributed by atoms with Crippen molar-refractivity contribution in [2.24, 2.45) is 5.84 Å². The van der Waals surface area contributed by atoms with Gasteiger partial charge in [0.2, 0.25) is 0 Å². The van der Waals surface area contributed by atoms with E-state index in [-0.39, 0.29) is 6.04 Å². The molecule has 0 saturated carbocycles. The van der Waals surface area contributed by atoms with Gasteiger partial charge in [0.1, 0.15) is 0 Å². The summed E-state index contributed by atoms with van der Waals surface area (Å²) in [7, 11) is 0. The van der Waals surface area contributed by atoms with Gasteiger partial charge < -0.3 is 0 Å². The molecule has 0 spiro atoms. The summed E-state index contributed by atoms with van der Waals surface area (Å²) >= 11 is 15.5. The highest BCUT2D eigenvalue weighted by Crippen LogP contribution is 2.39. The van der Waals surface area contributed by atoms with Crippen LogP contribution in [0.2, 0.25) is 10.0 Å². The van der Waals surface area contributed by atoms with E-state index in [1.54, 1.807) is 22.7 Å². The summed E-state index contributed by atoms with van der Waals surface area (Å²) in [5.41, 5.74) is 3.83. The average molecular weight is 293 g/mol. The van der Waals surface area contributed by atoms with E-state index in [0.717, 1.165) is 25.4 Å². The van der Waals surface area contributed by atoms with Gasteiger partial charge >= 0.3 is 0 Å². The summed E-state index contributed by atoms with van der Waals surface area (Å²) in [4.78, 5) is 2.00. The Balaban J connectivity index is 2.45. The number of nitrogens with one attached hydrogen (secondary N) is 1. The van der Waals surface area contributed by atoms with Crippen LogP contribution in [0.15, 0.2) is 16.8 Å². The molecule has 0 aliphatic rings. The van der Waals surface area contributed by atoms with E-state index in [0.29, 0.717) is 0 Å². The van der Waals surface area contributed by atoms with E-state index >= 15 is 0 Å². The third kappa shape index (κ3) is 2.14. The van der Waals surface area contributed by atoms with Gasteiger partial charge in [0.25, 0.3) is 0 Å². The number of hydrazine groups is 1. The van der Waals surface area contributed by atoms with E-state index in [9.17, 15) is 0 Å². The third-order valence-corrected chi connectivity index (χ3v) is 5.46. The van der Waals surface area contributed by atoms with Crippen molar-refractivity contribution in [3.63, 3.8) is 0 Å². The lowest BCUT2D eigenvalue weighted by Gasteiger charge is -2.14. The average Bonchev–Trinajstić information content (AvgIpc) is 2.81. The van der Waals surface area contributed by atoms with E-state index < -0.39 is 0 Å². The van der Waals surface area contributed by atoms with Gasteiger partial charge in [-0.2, -0.15) is 0 Å². The summed E-state index contributed by atoms with van der Waals surface area (Å²) in [6.07, 6.45) is 0. The molecule has 2 heterocycles. The predicted octanol–water partition coefficient (Wildman–Crippen LogP) is 3.98. The molecule has 1 atom stereocenters. The summed E-state index contributed by atoms with van der Waals surface area (Å²) in [6, 6.07) is 1.74. The number of nitrogens with two attached hydrogens (primary N) is 1. The van der Waals surface area contributed by atoms with Gasteiger partial charge in [-0.1, -0.05) is 23.2 Å². The molecule has 2 nitrogen and oxygen atoms in total. The van der Waals surface area contributed by atoms with Crippen LogP contribution in [-0.2, 0) is 0 Å². The Morgan fingerprint density at radius 2 is 2.06 bits per heavy atom. The molecule has 86 valence electrons. The van der Waals surface area contributed by atoms with Crippen LogP contribution < -0.4 is 11.3 Å². The number of halogens is 2. The Hall–Kier alpha value is -0.100. The molecule has 0 aliphatic heterocycles. The van der Waals surface area contributed by atoms with Gasteiger partial charge in [0.15, 0.2) is 0 Å². The highest BCUT2D eigenvalue weighted by molar-refractivity contribution is 7.12. The molecular weight excluding hydrogens is 283 g/mol. The molecule has 2 rings (SSSR count). The van der Waals surface area contributed by atoms with Crippen LogP contribution in [0.1, 0.15) is 21.4 Å². The Labute approximate surface area is 112 Å². The lowest BCUT2D eigenvalue weighted by Crippen LogP contribution is -2.28. The minimum absolute atomic E-state index is 0.126. The number of thiophene rings is 2. The fourth-order valence-electron chi connectivity index (χ4n) is 1.43. The molecule has 16 heavy (non-hydrogen) atoms. The molecule has 0 radical (unpaired) electrons. The van der Waals surface area contributed by atoms with Gasteiger partial charge in [0.05, 0.1) is 16.1 Å². The van der Waals surface area contributed by atoms with Crippen molar-refractivity contribution in [1.82, 2.24) is 5.43 Å². The second-order valence-electron chi connectivity index (χ2n) is 3.33. The third-order valence-electron chi connectivity index (χ3n) is 2.26. The molecule has 2 aromatic heterocycles. The molecule has 1 unspecified atom stereocenters. The number of aryl methyl sites for hydroxylation is 1. The van der Waals surface area contributed by atoms with Gasteiger partial charge in [-0.3, -0.25) is 5.84 Å². The molecule has 0 saturated heterocycles. The lowest BCUT2D eigenvalue weighted by molar-refractivity contribution is 0.656. The topological polar surface area (TPSA) is 38.0 Å². The SMILES string of the molecule is Cc1csc(C(NN)c2sccc2Cl)c1Cl. The molecule has 0 bridgehead atoms. The van der Waals surface area contributed by atoms with Crippen LogP contribution in [0.3, 0.4) is 0 Å². The van der Waals surface area contributed by atoms with Gasteiger partial charge in [0, 0.05) is 9.75 Å². The quantitative estimate of drug-likeness (QED) is 0.663. The first-order valence-corrected chi connectivity index (χ1v) is 7.09. The number of hydrogen-bond donors (Lipinski definition) is 2. The Morgan fingerprint density at radius 3 is 2.50 bits per heavy atom. The maximum atomic E-state index is 6.23. The Morgan fingerprint density at radius 1 is 1.31 bits per heavy atom. The standard InChI is InChI=1S/C10H10Cl2N2S2/c1-5-4-16-10(7(5)12)8(14-13)9-6(11)2-3-15-9/h2-4,8,14H,13H2,1H3. The van der Waals surface area contributed by atoms with E-state index in [1.807, 2.05) is 23.8 Å². The zero-order chi connectivity index (χ0) is 11.7. The smallest absolute Gasteiger partial charge is 0.0924 e. The summed E-state index contributed by atoms with van der Waals surface area (Å²) < 4.78 is 0. The summed E-state index contributed by atoms with van der Waals surface area (Å²) in [5.74, 6) is 5.59.